The van der Waals surface area contributed by atoms with Crippen molar-refractivity contribution in [2.45, 2.75) is 102 Å². The Labute approximate surface area is 262 Å². The first-order valence-electron chi connectivity index (χ1n) is 16.2. The number of ether oxygens (including phenoxy) is 2. The average molecular weight is 626 g/mol. The van der Waals surface area contributed by atoms with E-state index >= 15 is 0 Å². The van der Waals surface area contributed by atoms with Crippen LogP contribution in [-0.4, -0.2) is 59.4 Å². The highest BCUT2D eigenvalue weighted by Gasteiger charge is 2.64. The Kier molecular flexibility index (Phi) is 8.63. The van der Waals surface area contributed by atoms with E-state index in [0.29, 0.717) is 57.4 Å². The summed E-state index contributed by atoms with van der Waals surface area (Å²) in [6.45, 7) is 5.83. The van der Waals surface area contributed by atoms with Gasteiger partial charge in [-0.15, -0.1) is 0 Å². The predicted octanol–water partition coefficient (Wildman–Crippen LogP) is 7.61. The second-order valence-electron chi connectivity index (χ2n) is 13.7. The second kappa shape index (κ2) is 12.2. The van der Waals surface area contributed by atoms with Crippen molar-refractivity contribution in [2.75, 3.05) is 19.7 Å². The molecule has 5 atom stereocenters. The predicted molar refractivity (Wildman–Crippen MR) is 163 cm³/mol. The summed E-state index contributed by atoms with van der Waals surface area (Å²) in [6.07, 6.45) is 2.83. The summed E-state index contributed by atoms with van der Waals surface area (Å²) in [7, 11) is 0. The SMILES string of the molecule is CC1=CCC[C@@]2(C)[C@@H](CC[C@@]23CN(C[C@H]2CCCO2)C(=O)O3)c2ccc(cc2C(=O)c2cccc(C(F)(F)F)c2)C[C@@H](O)CC1. The molecule has 2 saturated heterocycles. The molecule has 7 rings (SSSR count). The number of aliphatic hydroxyl groups excluding tert-OH is 1. The van der Waals surface area contributed by atoms with E-state index in [1.165, 1.54) is 17.7 Å². The van der Waals surface area contributed by atoms with Gasteiger partial charge in [0.2, 0.25) is 0 Å². The van der Waals surface area contributed by atoms with Gasteiger partial charge in [-0.05, 0) is 100.0 Å². The number of rotatable bonds is 4. The molecule has 1 N–H and O–H groups in total. The Morgan fingerprint density at radius 3 is 2.69 bits per heavy atom. The summed E-state index contributed by atoms with van der Waals surface area (Å²) < 4.78 is 53.1. The van der Waals surface area contributed by atoms with Gasteiger partial charge in [-0.25, -0.2) is 4.79 Å². The van der Waals surface area contributed by atoms with Crippen molar-refractivity contribution in [1.29, 1.82) is 0 Å². The van der Waals surface area contributed by atoms with Crippen LogP contribution in [0.2, 0.25) is 0 Å². The molecule has 2 heterocycles. The Hall–Kier alpha value is -3.17. The summed E-state index contributed by atoms with van der Waals surface area (Å²) in [6, 6.07) is 10.2. The number of allylic oxidation sites excluding steroid dienone is 2. The lowest BCUT2D eigenvalue weighted by atomic mass is 9.64. The highest BCUT2D eigenvalue weighted by Crippen LogP contribution is 2.61. The van der Waals surface area contributed by atoms with Crippen LogP contribution in [0.25, 0.3) is 0 Å². The van der Waals surface area contributed by atoms with Crippen LogP contribution < -0.4 is 0 Å². The summed E-state index contributed by atoms with van der Waals surface area (Å²) in [4.78, 5) is 29.3. The highest BCUT2D eigenvalue weighted by molar-refractivity contribution is 6.10. The molecule has 45 heavy (non-hydrogen) atoms. The van der Waals surface area contributed by atoms with Crippen LogP contribution in [-0.2, 0) is 22.1 Å². The van der Waals surface area contributed by atoms with Crippen molar-refractivity contribution < 1.29 is 37.3 Å². The number of aliphatic hydroxyl groups is 1. The number of carbonyl (C=O) groups is 2. The third kappa shape index (κ3) is 6.18. The number of ketones is 1. The average Bonchev–Trinajstić information content (AvgIpc) is 3.70. The Morgan fingerprint density at radius 1 is 1.11 bits per heavy atom. The minimum absolute atomic E-state index is 0.00753. The van der Waals surface area contributed by atoms with E-state index < -0.39 is 34.6 Å². The van der Waals surface area contributed by atoms with Gasteiger partial charge >= 0.3 is 12.3 Å². The van der Waals surface area contributed by atoms with Gasteiger partial charge in [-0.3, -0.25) is 4.79 Å². The van der Waals surface area contributed by atoms with Crippen LogP contribution in [0, 0.1) is 5.41 Å². The maximum atomic E-state index is 14.2. The molecule has 0 unspecified atom stereocenters. The van der Waals surface area contributed by atoms with Crippen LogP contribution in [0.4, 0.5) is 18.0 Å². The number of nitrogens with zero attached hydrogens (tertiary/aromatic N) is 1. The fourth-order valence-electron chi connectivity index (χ4n) is 8.15. The topological polar surface area (TPSA) is 76.1 Å². The molecule has 5 aliphatic rings. The molecule has 1 saturated carbocycles. The van der Waals surface area contributed by atoms with Gasteiger partial charge in [0.15, 0.2) is 5.78 Å². The van der Waals surface area contributed by atoms with Crippen LogP contribution in [0.15, 0.2) is 54.1 Å². The molecule has 3 aliphatic carbocycles. The lowest BCUT2D eigenvalue weighted by Crippen LogP contribution is -2.48. The van der Waals surface area contributed by atoms with Crippen LogP contribution >= 0.6 is 0 Å². The molecule has 2 aromatic rings. The summed E-state index contributed by atoms with van der Waals surface area (Å²) in [5.74, 6) is -0.671. The second-order valence-corrected chi connectivity index (χ2v) is 13.7. The van der Waals surface area contributed by atoms with E-state index in [0.717, 1.165) is 48.9 Å². The van der Waals surface area contributed by atoms with Crippen LogP contribution in [0.3, 0.4) is 0 Å². The van der Waals surface area contributed by atoms with Crippen LogP contribution in [0.1, 0.15) is 104 Å². The van der Waals surface area contributed by atoms with E-state index in [-0.39, 0.29) is 23.7 Å². The van der Waals surface area contributed by atoms with E-state index in [4.69, 9.17) is 9.47 Å². The minimum Gasteiger partial charge on any atom is -0.440 e. The number of hydrogen-bond donors (Lipinski definition) is 1. The summed E-state index contributed by atoms with van der Waals surface area (Å²) in [5, 5.41) is 10.8. The van der Waals surface area contributed by atoms with Crippen LogP contribution in [0.5, 0.6) is 0 Å². The molecule has 2 aliphatic heterocycles. The third-order valence-corrected chi connectivity index (χ3v) is 10.8. The zero-order valence-electron chi connectivity index (χ0n) is 26.0. The van der Waals surface area contributed by atoms with Crippen molar-refractivity contribution in [3.63, 3.8) is 0 Å². The Morgan fingerprint density at radius 2 is 1.93 bits per heavy atom. The lowest BCUT2D eigenvalue weighted by molar-refractivity contribution is -0.137. The van der Waals surface area contributed by atoms with E-state index in [1.807, 2.05) is 12.1 Å². The van der Waals surface area contributed by atoms with Gasteiger partial charge in [-0.2, -0.15) is 13.2 Å². The maximum Gasteiger partial charge on any atom is 0.416 e. The minimum atomic E-state index is -4.58. The first-order chi connectivity index (χ1) is 21.4. The molecular weight excluding hydrogens is 583 g/mol. The number of alkyl halides is 3. The highest BCUT2D eigenvalue weighted by atomic mass is 19.4. The standard InChI is InChI=1S/C36H42F3NO5/c1-23-6-4-15-34(2)31(14-16-35(34)22-40(33(43)45-35)21-28-9-5-17-44-28)29-13-11-24(18-27(41)12-10-23)19-30(29)32(42)25-7-3-8-26(20-25)36(37,38)39/h3,6-8,11,13,19-20,27-28,31,41H,4-5,9-10,12,14-18,21-22H2,1-2H3/t27-,28+,31-,34-,35+/m0/s1. The molecule has 1 amide bonds. The van der Waals surface area contributed by atoms with E-state index in [9.17, 15) is 27.9 Å². The monoisotopic (exact) mass is 625 g/mol. The van der Waals surface area contributed by atoms with Crippen molar-refractivity contribution in [1.82, 2.24) is 4.90 Å². The van der Waals surface area contributed by atoms with Crippen molar-refractivity contribution in [3.05, 3.63) is 81.9 Å². The fourth-order valence-corrected chi connectivity index (χ4v) is 8.15. The zero-order chi connectivity index (χ0) is 32.0. The van der Waals surface area contributed by atoms with Crippen molar-refractivity contribution in [3.8, 4) is 0 Å². The van der Waals surface area contributed by atoms with Gasteiger partial charge in [0.25, 0.3) is 0 Å². The molecular formula is C36H42F3NO5. The molecule has 2 aromatic carbocycles. The molecule has 1 spiro atoms. The van der Waals surface area contributed by atoms with Gasteiger partial charge in [0.1, 0.15) is 5.60 Å². The number of fused-ring (bicyclic) bond motifs is 8. The fraction of sp³-hybridized carbons (Fsp3) is 0.556. The number of amides is 1. The Balaban J connectivity index is 1.43. The van der Waals surface area contributed by atoms with E-state index in [1.54, 1.807) is 11.0 Å². The molecule has 0 radical (unpaired) electrons. The maximum absolute atomic E-state index is 14.2. The van der Waals surface area contributed by atoms with Gasteiger partial charge in [-0.1, -0.05) is 42.8 Å². The van der Waals surface area contributed by atoms with Gasteiger partial charge in [0.05, 0.1) is 30.9 Å². The zero-order valence-corrected chi connectivity index (χ0v) is 26.0. The van der Waals surface area contributed by atoms with Crippen molar-refractivity contribution >= 4 is 11.9 Å². The third-order valence-electron chi connectivity index (χ3n) is 10.8. The van der Waals surface area contributed by atoms with Gasteiger partial charge < -0.3 is 19.5 Å². The molecule has 3 fully saturated rings. The summed E-state index contributed by atoms with van der Waals surface area (Å²) in [5.41, 5.74) is 0.794. The summed E-state index contributed by atoms with van der Waals surface area (Å²) >= 11 is 0. The largest absolute Gasteiger partial charge is 0.440 e. The molecule has 9 heteroatoms. The smallest absolute Gasteiger partial charge is 0.416 e. The van der Waals surface area contributed by atoms with E-state index in [2.05, 4.69) is 19.9 Å². The first kappa shape index (κ1) is 31.8. The number of hydrogen-bond acceptors (Lipinski definition) is 5. The lowest BCUT2D eigenvalue weighted by Gasteiger charge is -2.43. The first-order valence-corrected chi connectivity index (χ1v) is 16.2. The number of halogens is 3. The number of carbonyl (C=O) groups excluding carboxylic acids is 2. The molecule has 2 bridgehead atoms. The normalized spacial score (nSPS) is 30.7. The molecule has 0 aromatic heterocycles. The number of benzene rings is 2. The van der Waals surface area contributed by atoms with Crippen molar-refractivity contribution in [2.24, 2.45) is 5.41 Å². The molecule has 6 nitrogen and oxygen atoms in total. The quantitative estimate of drug-likeness (QED) is 0.280. The van der Waals surface area contributed by atoms with Gasteiger partial charge in [0, 0.05) is 23.1 Å². The Bertz CT molecular complexity index is 1480. The molecule has 242 valence electrons.